The normalized spacial score (nSPS) is 28.7. The predicted molar refractivity (Wildman–Crippen MR) is 63.3 cm³/mol. The van der Waals surface area contributed by atoms with E-state index in [9.17, 15) is 9.59 Å². The van der Waals surface area contributed by atoms with E-state index in [-0.39, 0.29) is 29.5 Å². The van der Waals surface area contributed by atoms with Crippen molar-refractivity contribution < 1.29 is 19.1 Å². The maximum Gasteiger partial charge on any atom is 0.315 e. The maximum absolute atomic E-state index is 11.9. The Hall–Kier alpha value is -1.84. The van der Waals surface area contributed by atoms with Gasteiger partial charge in [0.05, 0.1) is 13.0 Å². The van der Waals surface area contributed by atoms with E-state index < -0.39 is 0 Å². The lowest BCUT2D eigenvalue weighted by atomic mass is 10.1. The zero-order valence-corrected chi connectivity index (χ0v) is 10.1. The van der Waals surface area contributed by atoms with Gasteiger partial charge in [-0.1, -0.05) is 0 Å². The van der Waals surface area contributed by atoms with E-state index in [1.165, 1.54) is 0 Å². The van der Waals surface area contributed by atoms with Gasteiger partial charge in [-0.15, -0.1) is 0 Å². The van der Waals surface area contributed by atoms with Crippen LogP contribution in [0.15, 0.2) is 24.3 Å². The number of rotatable bonds is 3. The molecular formula is C14H14O4. The first-order valence-corrected chi connectivity index (χ1v) is 6.09. The Kier molecular flexibility index (Phi) is 2.58. The number of benzene rings is 1. The molecule has 3 rings (SSSR count). The highest BCUT2D eigenvalue weighted by atomic mass is 16.5. The van der Waals surface area contributed by atoms with Crippen molar-refractivity contribution >= 4 is 11.8 Å². The van der Waals surface area contributed by atoms with E-state index >= 15 is 0 Å². The minimum Gasteiger partial charge on any atom is -0.497 e. The van der Waals surface area contributed by atoms with Gasteiger partial charge in [-0.25, -0.2) is 0 Å². The lowest BCUT2D eigenvalue weighted by Crippen LogP contribution is -2.15. The van der Waals surface area contributed by atoms with Crippen molar-refractivity contribution in [1.82, 2.24) is 0 Å². The molecule has 1 aromatic rings. The number of carbonyl (C=O) groups is 2. The topological polar surface area (TPSA) is 52.6 Å². The molecule has 2 aliphatic rings. The van der Waals surface area contributed by atoms with Gasteiger partial charge in [0, 0.05) is 12.3 Å². The zero-order chi connectivity index (χ0) is 12.7. The lowest BCUT2D eigenvalue weighted by molar-refractivity contribution is -0.138. The summed E-state index contributed by atoms with van der Waals surface area (Å²) in [6, 6.07) is 6.86. The van der Waals surface area contributed by atoms with Crippen molar-refractivity contribution in [3.63, 3.8) is 0 Å². The van der Waals surface area contributed by atoms with Gasteiger partial charge in [0.2, 0.25) is 0 Å². The SMILES string of the molecule is COc1ccc(OC(=O)[C@H]2C3CCC(=O)[C@@H]32)cc1. The third-order valence-electron chi connectivity index (χ3n) is 3.81. The summed E-state index contributed by atoms with van der Waals surface area (Å²) in [5.41, 5.74) is 0. The number of methoxy groups -OCH3 is 1. The van der Waals surface area contributed by atoms with E-state index in [1.54, 1.807) is 31.4 Å². The average molecular weight is 246 g/mol. The highest BCUT2D eigenvalue weighted by Gasteiger charge is 2.62. The molecule has 0 saturated heterocycles. The van der Waals surface area contributed by atoms with Crippen LogP contribution in [0.4, 0.5) is 0 Å². The van der Waals surface area contributed by atoms with Gasteiger partial charge in [-0.2, -0.15) is 0 Å². The number of hydrogen-bond donors (Lipinski definition) is 0. The van der Waals surface area contributed by atoms with E-state index in [0.29, 0.717) is 17.9 Å². The fourth-order valence-electron chi connectivity index (χ4n) is 2.80. The van der Waals surface area contributed by atoms with E-state index in [4.69, 9.17) is 9.47 Å². The van der Waals surface area contributed by atoms with Crippen LogP contribution < -0.4 is 9.47 Å². The molecule has 0 bridgehead atoms. The number of carbonyl (C=O) groups excluding carboxylic acids is 2. The molecule has 3 atom stereocenters. The van der Waals surface area contributed by atoms with E-state index in [1.807, 2.05) is 0 Å². The molecule has 94 valence electrons. The smallest absolute Gasteiger partial charge is 0.315 e. The minimum absolute atomic E-state index is 0.0595. The number of hydrogen-bond acceptors (Lipinski definition) is 4. The van der Waals surface area contributed by atoms with Crippen LogP contribution in [0.5, 0.6) is 11.5 Å². The number of fused-ring (bicyclic) bond motifs is 1. The number of esters is 1. The summed E-state index contributed by atoms with van der Waals surface area (Å²) in [4.78, 5) is 23.3. The largest absolute Gasteiger partial charge is 0.497 e. The molecule has 0 heterocycles. The molecule has 18 heavy (non-hydrogen) atoms. The summed E-state index contributed by atoms with van der Waals surface area (Å²) in [6.45, 7) is 0. The fourth-order valence-corrected chi connectivity index (χ4v) is 2.80. The van der Waals surface area contributed by atoms with Gasteiger partial charge in [0.1, 0.15) is 17.3 Å². The maximum atomic E-state index is 11.9. The highest BCUT2D eigenvalue weighted by molar-refractivity contribution is 5.95. The molecule has 0 aliphatic heterocycles. The van der Waals surface area contributed by atoms with Crippen molar-refractivity contribution in [2.75, 3.05) is 7.11 Å². The molecule has 0 radical (unpaired) electrons. The van der Waals surface area contributed by atoms with Crippen LogP contribution >= 0.6 is 0 Å². The molecule has 1 unspecified atom stereocenters. The Morgan fingerprint density at radius 1 is 1.22 bits per heavy atom. The predicted octanol–water partition coefficient (Wildman–Crippen LogP) is 1.83. The van der Waals surface area contributed by atoms with Gasteiger partial charge < -0.3 is 9.47 Å². The monoisotopic (exact) mass is 246 g/mol. The molecule has 1 aromatic carbocycles. The molecule has 0 aromatic heterocycles. The second-order valence-corrected chi connectivity index (χ2v) is 4.82. The summed E-state index contributed by atoms with van der Waals surface area (Å²) in [5.74, 6) is 1.14. The van der Waals surface area contributed by atoms with Crippen molar-refractivity contribution in [3.8, 4) is 11.5 Å². The van der Waals surface area contributed by atoms with Crippen molar-refractivity contribution in [1.29, 1.82) is 0 Å². The minimum atomic E-state index is -0.275. The van der Waals surface area contributed by atoms with Crippen LogP contribution in [-0.2, 0) is 9.59 Å². The van der Waals surface area contributed by atoms with Gasteiger partial charge in [0.25, 0.3) is 0 Å². The van der Waals surface area contributed by atoms with Crippen molar-refractivity contribution in [2.24, 2.45) is 17.8 Å². The Bertz CT molecular complexity index is 491. The van der Waals surface area contributed by atoms with Crippen LogP contribution in [0.2, 0.25) is 0 Å². The average Bonchev–Trinajstić information content (AvgIpc) is 3.01. The Balaban J connectivity index is 1.63. The summed E-state index contributed by atoms with van der Waals surface area (Å²) < 4.78 is 10.3. The number of Topliss-reactive ketones (excluding diaryl/α,β-unsaturated/α-hetero) is 1. The molecule has 0 spiro atoms. The molecule has 0 N–H and O–H groups in total. The van der Waals surface area contributed by atoms with Crippen LogP contribution in [-0.4, -0.2) is 18.9 Å². The van der Waals surface area contributed by atoms with Gasteiger partial charge in [0.15, 0.2) is 0 Å². The summed E-state index contributed by atoms with van der Waals surface area (Å²) >= 11 is 0. The van der Waals surface area contributed by atoms with Crippen molar-refractivity contribution in [3.05, 3.63) is 24.3 Å². The quantitative estimate of drug-likeness (QED) is 0.603. The molecule has 2 aliphatic carbocycles. The highest BCUT2D eigenvalue weighted by Crippen LogP contribution is 2.55. The van der Waals surface area contributed by atoms with Crippen LogP contribution in [0, 0.1) is 17.8 Å². The molecule has 0 amide bonds. The van der Waals surface area contributed by atoms with Crippen LogP contribution in [0.1, 0.15) is 12.8 Å². The van der Waals surface area contributed by atoms with Gasteiger partial charge in [-0.05, 0) is 36.6 Å². The zero-order valence-electron chi connectivity index (χ0n) is 10.1. The third-order valence-corrected chi connectivity index (χ3v) is 3.81. The van der Waals surface area contributed by atoms with E-state index in [2.05, 4.69) is 0 Å². The molecule has 4 nitrogen and oxygen atoms in total. The van der Waals surface area contributed by atoms with Crippen LogP contribution in [0.25, 0.3) is 0 Å². The van der Waals surface area contributed by atoms with Crippen LogP contribution in [0.3, 0.4) is 0 Å². The molecule has 2 fully saturated rings. The second kappa shape index (κ2) is 4.12. The standard InChI is InChI=1S/C14H14O4/c1-17-8-2-4-9(5-3-8)18-14(16)13-10-6-7-11(15)12(10)13/h2-5,10,12-13H,6-7H2,1H3/t10?,12-,13+/m1/s1. The first-order chi connectivity index (χ1) is 8.70. The number of ether oxygens (including phenoxy) is 2. The van der Waals surface area contributed by atoms with Crippen molar-refractivity contribution in [2.45, 2.75) is 12.8 Å². The lowest BCUT2D eigenvalue weighted by Gasteiger charge is -2.06. The Labute approximate surface area is 105 Å². The van der Waals surface area contributed by atoms with E-state index in [0.717, 1.165) is 6.42 Å². The fraction of sp³-hybridized carbons (Fsp3) is 0.429. The van der Waals surface area contributed by atoms with Gasteiger partial charge >= 0.3 is 5.97 Å². The first-order valence-electron chi connectivity index (χ1n) is 6.09. The van der Waals surface area contributed by atoms with Gasteiger partial charge in [-0.3, -0.25) is 9.59 Å². The summed E-state index contributed by atoms with van der Waals surface area (Å²) in [7, 11) is 1.58. The first kappa shape index (κ1) is 11.3. The molecule has 2 saturated carbocycles. The summed E-state index contributed by atoms with van der Waals surface area (Å²) in [5, 5.41) is 0. The molecule has 4 heteroatoms. The Morgan fingerprint density at radius 2 is 1.89 bits per heavy atom. The summed E-state index contributed by atoms with van der Waals surface area (Å²) in [6.07, 6.45) is 1.47. The molecular weight excluding hydrogens is 232 g/mol. The Morgan fingerprint density at radius 3 is 2.44 bits per heavy atom. The number of ketones is 1. The second-order valence-electron chi connectivity index (χ2n) is 4.82. The third kappa shape index (κ3) is 1.78.